The smallest absolute Gasteiger partial charge is 0.269 e. The molecule has 1 aliphatic carbocycles. The van der Waals surface area contributed by atoms with Crippen LogP contribution in [0, 0.1) is 13.8 Å². The minimum atomic E-state index is -2.93. The van der Waals surface area contributed by atoms with Gasteiger partial charge < -0.3 is 22.1 Å². The van der Waals surface area contributed by atoms with E-state index in [2.05, 4.69) is 20.6 Å². The number of aromatic nitrogens is 2. The second-order valence-corrected chi connectivity index (χ2v) is 7.22. The monoisotopic (exact) mass is 390 g/mol. The molecule has 0 aromatic carbocycles. The first kappa shape index (κ1) is 19.9. The van der Waals surface area contributed by atoms with E-state index in [-0.39, 0.29) is 17.8 Å². The fraction of sp³-hybridized carbons (Fsp3) is 0.421. The first-order valence-corrected chi connectivity index (χ1v) is 9.08. The predicted octanol–water partition coefficient (Wildman–Crippen LogP) is 2.86. The second-order valence-electron chi connectivity index (χ2n) is 7.22. The van der Waals surface area contributed by atoms with Crippen molar-refractivity contribution in [2.45, 2.75) is 51.1 Å². The molecule has 2 atom stereocenters. The Morgan fingerprint density at radius 2 is 2.04 bits per heavy atom. The molecule has 0 radical (unpaired) electrons. The molecular weight excluding hydrogens is 366 g/mol. The van der Waals surface area contributed by atoms with Crippen LogP contribution in [0.15, 0.2) is 24.4 Å². The van der Waals surface area contributed by atoms with Crippen molar-refractivity contribution in [3.8, 4) is 0 Å². The van der Waals surface area contributed by atoms with E-state index in [1.54, 1.807) is 6.07 Å². The summed E-state index contributed by atoms with van der Waals surface area (Å²) in [5, 5.41) is 5.80. The maximum absolute atomic E-state index is 14.3. The lowest BCUT2D eigenvalue weighted by atomic mass is 9.87. The van der Waals surface area contributed by atoms with Gasteiger partial charge in [-0.15, -0.1) is 0 Å². The van der Waals surface area contributed by atoms with E-state index in [9.17, 15) is 13.6 Å². The van der Waals surface area contributed by atoms with Crippen LogP contribution in [-0.2, 0) is 0 Å². The van der Waals surface area contributed by atoms with Gasteiger partial charge in [0.1, 0.15) is 11.9 Å². The van der Waals surface area contributed by atoms with E-state index < -0.39 is 23.9 Å². The summed E-state index contributed by atoms with van der Waals surface area (Å²) in [7, 11) is 0. The summed E-state index contributed by atoms with van der Waals surface area (Å²) in [6, 6.07) is 3.32. The van der Waals surface area contributed by atoms with E-state index in [1.165, 1.54) is 12.3 Å². The summed E-state index contributed by atoms with van der Waals surface area (Å²) < 4.78 is 28.6. The van der Waals surface area contributed by atoms with E-state index in [4.69, 9.17) is 11.5 Å². The van der Waals surface area contributed by atoms with Crippen molar-refractivity contribution in [1.82, 2.24) is 9.97 Å². The highest BCUT2D eigenvalue weighted by atomic mass is 19.3. The third-order valence-corrected chi connectivity index (χ3v) is 4.73. The Kier molecular flexibility index (Phi) is 5.46. The average molecular weight is 390 g/mol. The molecule has 3 rings (SSSR count). The Balaban J connectivity index is 1.92. The number of anilines is 3. The van der Waals surface area contributed by atoms with Crippen LogP contribution in [0.4, 0.5) is 26.0 Å². The highest BCUT2D eigenvalue weighted by molar-refractivity contribution is 5.97. The van der Waals surface area contributed by atoms with Gasteiger partial charge in [-0.3, -0.25) is 4.79 Å². The fourth-order valence-corrected chi connectivity index (χ4v) is 3.48. The minimum Gasteiger partial charge on any atom is -0.374 e. The normalized spacial score (nSPS) is 21.2. The van der Waals surface area contributed by atoms with E-state index in [0.29, 0.717) is 24.3 Å². The third-order valence-electron chi connectivity index (χ3n) is 4.73. The van der Waals surface area contributed by atoms with Crippen LogP contribution < -0.4 is 22.1 Å². The minimum absolute atomic E-state index is 0.00814. The first-order valence-electron chi connectivity index (χ1n) is 9.08. The quantitative estimate of drug-likeness (QED) is 0.623. The molecule has 7 nitrogen and oxygen atoms in total. The van der Waals surface area contributed by atoms with Crippen molar-refractivity contribution in [2.24, 2.45) is 11.5 Å². The summed E-state index contributed by atoms with van der Waals surface area (Å²) >= 11 is 0. The Bertz CT molecular complexity index is 868. The van der Waals surface area contributed by atoms with Gasteiger partial charge in [-0.1, -0.05) is 0 Å². The molecule has 1 amide bonds. The summed E-state index contributed by atoms with van der Waals surface area (Å²) in [5.74, 6) is -3.17. The van der Waals surface area contributed by atoms with Crippen molar-refractivity contribution >= 4 is 23.1 Å². The Morgan fingerprint density at radius 1 is 1.29 bits per heavy atom. The molecule has 2 aromatic rings. The van der Waals surface area contributed by atoms with E-state index >= 15 is 0 Å². The number of alkyl halides is 2. The number of halogens is 2. The maximum Gasteiger partial charge on any atom is 0.269 e. The number of primary amides is 1. The zero-order valence-corrected chi connectivity index (χ0v) is 15.8. The number of carbonyl (C=O) groups excluding carboxylic acids is 1. The van der Waals surface area contributed by atoms with Gasteiger partial charge in [0.25, 0.3) is 11.8 Å². The number of nitrogens with two attached hydrogens (primary N) is 2. The number of hydrogen-bond acceptors (Lipinski definition) is 6. The molecule has 1 fully saturated rings. The molecule has 28 heavy (non-hydrogen) atoms. The zero-order valence-electron chi connectivity index (χ0n) is 15.8. The molecule has 2 aromatic heterocycles. The highest BCUT2D eigenvalue weighted by Crippen LogP contribution is 2.35. The lowest BCUT2D eigenvalue weighted by Crippen LogP contribution is -2.54. The number of rotatable bonds is 5. The van der Waals surface area contributed by atoms with Crippen molar-refractivity contribution in [1.29, 1.82) is 0 Å². The Morgan fingerprint density at radius 3 is 2.68 bits per heavy atom. The molecule has 150 valence electrons. The summed E-state index contributed by atoms with van der Waals surface area (Å²) in [6.45, 7) is 3.76. The molecule has 0 aliphatic heterocycles. The predicted molar refractivity (Wildman–Crippen MR) is 104 cm³/mol. The van der Waals surface area contributed by atoms with Gasteiger partial charge in [-0.05, 0) is 50.5 Å². The first-order chi connectivity index (χ1) is 13.2. The second kappa shape index (κ2) is 7.67. The summed E-state index contributed by atoms with van der Waals surface area (Å²) in [5.41, 5.74) is 13.7. The van der Waals surface area contributed by atoms with Crippen LogP contribution in [0.5, 0.6) is 0 Å². The maximum atomic E-state index is 14.3. The van der Waals surface area contributed by atoms with E-state index in [0.717, 1.165) is 11.3 Å². The van der Waals surface area contributed by atoms with Gasteiger partial charge in [-0.25, -0.2) is 18.7 Å². The Labute approximate surface area is 161 Å². The molecule has 6 N–H and O–H groups in total. The molecule has 0 saturated heterocycles. The van der Waals surface area contributed by atoms with Gasteiger partial charge in [0.2, 0.25) is 0 Å². The van der Waals surface area contributed by atoms with Crippen LogP contribution in [0.3, 0.4) is 0 Å². The molecule has 1 aliphatic rings. The number of pyridine rings is 2. The number of aryl methyl sites for hydroxylation is 2. The fourth-order valence-electron chi connectivity index (χ4n) is 3.48. The van der Waals surface area contributed by atoms with Gasteiger partial charge in [-0.2, -0.15) is 0 Å². The van der Waals surface area contributed by atoms with Crippen molar-refractivity contribution in [2.75, 3.05) is 10.6 Å². The largest absolute Gasteiger partial charge is 0.374 e. The molecule has 2 heterocycles. The standard InChI is InChI=1S/C19H24F2N6O/c1-10-6-11(2)25-15(7-10)27-14-8-12(9-24-16(14)18(23)28)26-17-13(22)4-3-5-19(17,20)21/h6-9,13,17,26H,3-5,22H2,1-2H3,(H2,23,28)(H,25,27)/t13-,17-/m0/s1. The summed E-state index contributed by atoms with van der Waals surface area (Å²) in [6.07, 6.45) is 1.98. The lowest BCUT2D eigenvalue weighted by molar-refractivity contribution is -0.0510. The lowest BCUT2D eigenvalue weighted by Gasteiger charge is -2.37. The Hall–Kier alpha value is -2.81. The van der Waals surface area contributed by atoms with Gasteiger partial charge >= 0.3 is 0 Å². The number of amides is 1. The van der Waals surface area contributed by atoms with Crippen molar-refractivity contribution in [3.63, 3.8) is 0 Å². The van der Waals surface area contributed by atoms with Crippen LogP contribution in [-0.4, -0.2) is 33.9 Å². The van der Waals surface area contributed by atoms with Gasteiger partial charge in [0.15, 0.2) is 5.69 Å². The van der Waals surface area contributed by atoms with Gasteiger partial charge in [0.05, 0.1) is 17.6 Å². The van der Waals surface area contributed by atoms with E-state index in [1.807, 2.05) is 19.9 Å². The summed E-state index contributed by atoms with van der Waals surface area (Å²) in [4.78, 5) is 20.1. The van der Waals surface area contributed by atoms with Crippen LogP contribution >= 0.6 is 0 Å². The van der Waals surface area contributed by atoms with Gasteiger partial charge in [0, 0.05) is 18.2 Å². The topological polar surface area (TPSA) is 119 Å². The number of carbonyl (C=O) groups is 1. The highest BCUT2D eigenvalue weighted by Gasteiger charge is 2.45. The zero-order chi connectivity index (χ0) is 20.5. The number of nitrogens with zero attached hydrogens (tertiary/aromatic N) is 2. The van der Waals surface area contributed by atoms with Crippen molar-refractivity contribution < 1.29 is 13.6 Å². The molecule has 1 saturated carbocycles. The van der Waals surface area contributed by atoms with Crippen molar-refractivity contribution in [3.05, 3.63) is 41.3 Å². The third kappa shape index (κ3) is 4.36. The molecule has 0 bridgehead atoms. The average Bonchev–Trinajstić information content (AvgIpc) is 2.57. The molecule has 9 heteroatoms. The van der Waals surface area contributed by atoms with Crippen LogP contribution in [0.1, 0.15) is 41.0 Å². The molecule has 0 unspecified atom stereocenters. The van der Waals surface area contributed by atoms with Crippen LogP contribution in [0.25, 0.3) is 0 Å². The molecule has 0 spiro atoms. The molecular formula is C19H24F2N6O. The number of hydrogen-bond donors (Lipinski definition) is 4. The SMILES string of the molecule is Cc1cc(C)nc(Nc2cc(N[C@H]3[C@@H](N)CCCC3(F)F)cnc2C(N)=O)c1. The van der Waals surface area contributed by atoms with Crippen LogP contribution in [0.2, 0.25) is 0 Å². The number of nitrogens with one attached hydrogen (secondary N) is 2.